The smallest absolute Gasteiger partial charge is 0.335 e. The van der Waals surface area contributed by atoms with Crippen molar-refractivity contribution in [1.29, 1.82) is 0 Å². The molecule has 1 N–H and O–H groups in total. The van der Waals surface area contributed by atoms with Gasteiger partial charge < -0.3 is 5.11 Å². The van der Waals surface area contributed by atoms with Crippen molar-refractivity contribution in [2.75, 3.05) is 0 Å². The van der Waals surface area contributed by atoms with Gasteiger partial charge in [0.1, 0.15) is 10.8 Å². The number of carboxylic acid groups (broad SMARTS) is 1. The second-order valence-corrected chi connectivity index (χ2v) is 6.02. The second kappa shape index (κ2) is 5.69. The number of halogens is 1. The monoisotopic (exact) mass is 313 g/mol. The molecule has 0 aliphatic rings. The van der Waals surface area contributed by atoms with E-state index in [9.17, 15) is 9.18 Å². The van der Waals surface area contributed by atoms with E-state index in [4.69, 9.17) is 5.11 Å². The molecule has 5 heteroatoms. The molecule has 0 radical (unpaired) electrons. The molecule has 2 aromatic carbocycles. The minimum Gasteiger partial charge on any atom is -0.478 e. The molecule has 0 unspecified atom stereocenters. The molecule has 0 atom stereocenters. The zero-order valence-electron chi connectivity index (χ0n) is 11.7. The summed E-state index contributed by atoms with van der Waals surface area (Å²) >= 11 is 1.49. The number of nitrogens with zero attached hydrogens (tertiary/aromatic N) is 1. The molecule has 0 aliphatic heterocycles. The summed E-state index contributed by atoms with van der Waals surface area (Å²) in [5.41, 5.74) is 2.63. The van der Waals surface area contributed by atoms with Gasteiger partial charge in [0.15, 0.2) is 0 Å². The molecule has 3 aromatic rings. The first kappa shape index (κ1) is 14.4. The number of aromatic nitrogens is 1. The van der Waals surface area contributed by atoms with Gasteiger partial charge in [-0.25, -0.2) is 14.2 Å². The number of carbonyl (C=O) groups is 1. The lowest BCUT2D eigenvalue weighted by Crippen LogP contribution is -1.95. The maximum absolute atomic E-state index is 13.0. The summed E-state index contributed by atoms with van der Waals surface area (Å²) in [7, 11) is 0. The van der Waals surface area contributed by atoms with Gasteiger partial charge in [-0.3, -0.25) is 0 Å². The molecule has 1 heterocycles. The fourth-order valence-corrected chi connectivity index (χ4v) is 3.11. The van der Waals surface area contributed by atoms with Gasteiger partial charge >= 0.3 is 5.97 Å². The van der Waals surface area contributed by atoms with Gasteiger partial charge in [-0.15, -0.1) is 11.3 Å². The van der Waals surface area contributed by atoms with Crippen molar-refractivity contribution in [1.82, 2.24) is 4.98 Å². The Balaban J connectivity index is 2.04. The number of carboxylic acids is 1. The van der Waals surface area contributed by atoms with Crippen LogP contribution in [0.25, 0.3) is 21.8 Å². The SMILES string of the molecule is Cc1sc(-c2cccc(C(=O)O)c2)nc1-c1ccc(F)cc1. The van der Waals surface area contributed by atoms with E-state index in [1.165, 1.54) is 23.5 Å². The summed E-state index contributed by atoms with van der Waals surface area (Å²) in [6.45, 7) is 1.95. The van der Waals surface area contributed by atoms with Crippen LogP contribution in [0.5, 0.6) is 0 Å². The van der Waals surface area contributed by atoms with Crippen molar-refractivity contribution < 1.29 is 14.3 Å². The molecular formula is C17H12FNO2S. The minimum absolute atomic E-state index is 0.230. The summed E-state index contributed by atoms with van der Waals surface area (Å²) in [6.07, 6.45) is 0. The fraction of sp³-hybridized carbons (Fsp3) is 0.0588. The molecule has 0 amide bonds. The third-order valence-corrected chi connectivity index (χ3v) is 4.29. The van der Waals surface area contributed by atoms with E-state index in [1.54, 1.807) is 30.3 Å². The number of aromatic carboxylic acids is 1. The molecule has 0 saturated carbocycles. The van der Waals surface area contributed by atoms with Gasteiger partial charge in [0.25, 0.3) is 0 Å². The van der Waals surface area contributed by atoms with Crippen molar-refractivity contribution in [2.24, 2.45) is 0 Å². The Morgan fingerprint density at radius 3 is 2.55 bits per heavy atom. The van der Waals surface area contributed by atoms with E-state index in [0.29, 0.717) is 0 Å². The molecule has 3 rings (SSSR count). The van der Waals surface area contributed by atoms with Crippen LogP contribution in [-0.4, -0.2) is 16.1 Å². The van der Waals surface area contributed by atoms with Crippen molar-refractivity contribution in [2.45, 2.75) is 6.92 Å². The van der Waals surface area contributed by atoms with Crippen LogP contribution < -0.4 is 0 Å². The van der Waals surface area contributed by atoms with E-state index in [2.05, 4.69) is 4.98 Å². The van der Waals surface area contributed by atoms with E-state index < -0.39 is 5.97 Å². The van der Waals surface area contributed by atoms with Crippen LogP contribution in [0, 0.1) is 12.7 Å². The summed E-state index contributed by atoms with van der Waals surface area (Å²) in [6, 6.07) is 12.9. The quantitative estimate of drug-likeness (QED) is 0.767. The average molecular weight is 313 g/mol. The van der Waals surface area contributed by atoms with Crippen molar-refractivity contribution >= 4 is 17.3 Å². The second-order valence-electron chi connectivity index (χ2n) is 4.82. The molecule has 1 aromatic heterocycles. The first-order chi connectivity index (χ1) is 10.5. The number of hydrogen-bond donors (Lipinski definition) is 1. The van der Waals surface area contributed by atoms with E-state index >= 15 is 0 Å². The molecule has 0 saturated heterocycles. The lowest BCUT2D eigenvalue weighted by molar-refractivity contribution is 0.0697. The topological polar surface area (TPSA) is 50.2 Å². The number of thiazole rings is 1. The average Bonchev–Trinajstić information content (AvgIpc) is 2.90. The Kier molecular flexibility index (Phi) is 3.73. The normalized spacial score (nSPS) is 10.6. The highest BCUT2D eigenvalue weighted by Gasteiger charge is 2.13. The maximum Gasteiger partial charge on any atom is 0.335 e. The lowest BCUT2D eigenvalue weighted by atomic mass is 10.1. The van der Waals surface area contributed by atoms with Gasteiger partial charge in [0, 0.05) is 16.0 Å². The van der Waals surface area contributed by atoms with Crippen LogP contribution in [0.1, 0.15) is 15.2 Å². The number of hydrogen-bond acceptors (Lipinski definition) is 3. The summed E-state index contributed by atoms with van der Waals surface area (Å²) in [5, 5.41) is 9.82. The highest BCUT2D eigenvalue weighted by atomic mass is 32.1. The first-order valence-electron chi connectivity index (χ1n) is 6.61. The molecule has 0 aliphatic carbocycles. The van der Waals surface area contributed by atoms with Gasteiger partial charge in [0.05, 0.1) is 11.3 Å². The van der Waals surface area contributed by atoms with Crippen LogP contribution >= 0.6 is 11.3 Å². The van der Waals surface area contributed by atoms with E-state index in [0.717, 1.165) is 26.7 Å². The third-order valence-electron chi connectivity index (χ3n) is 3.27. The van der Waals surface area contributed by atoms with E-state index in [-0.39, 0.29) is 11.4 Å². The Labute approximate surface area is 130 Å². The molecule has 0 fully saturated rings. The molecular weight excluding hydrogens is 301 g/mol. The Morgan fingerprint density at radius 1 is 1.14 bits per heavy atom. The fourth-order valence-electron chi connectivity index (χ4n) is 2.18. The third kappa shape index (κ3) is 2.76. The molecule has 22 heavy (non-hydrogen) atoms. The van der Waals surface area contributed by atoms with Crippen molar-refractivity contribution in [3.63, 3.8) is 0 Å². The zero-order chi connectivity index (χ0) is 15.7. The van der Waals surface area contributed by atoms with Crippen LogP contribution in [-0.2, 0) is 0 Å². The standard InChI is InChI=1S/C17H12FNO2S/c1-10-15(11-5-7-14(18)8-6-11)19-16(22-10)12-3-2-4-13(9-12)17(20)21/h2-9H,1H3,(H,20,21). The molecule has 0 spiro atoms. The summed E-state index contributed by atoms with van der Waals surface area (Å²) in [4.78, 5) is 16.6. The molecule has 3 nitrogen and oxygen atoms in total. The van der Waals surface area contributed by atoms with Gasteiger partial charge in [-0.1, -0.05) is 12.1 Å². The van der Waals surface area contributed by atoms with Crippen LogP contribution in [0.4, 0.5) is 4.39 Å². The van der Waals surface area contributed by atoms with Gasteiger partial charge in [-0.05, 0) is 43.3 Å². The Bertz CT molecular complexity index is 840. The maximum atomic E-state index is 13.0. The number of aryl methyl sites for hydroxylation is 1. The highest BCUT2D eigenvalue weighted by Crippen LogP contribution is 2.33. The predicted molar refractivity (Wildman–Crippen MR) is 84.6 cm³/mol. The summed E-state index contributed by atoms with van der Waals surface area (Å²) < 4.78 is 13.0. The number of benzene rings is 2. The van der Waals surface area contributed by atoms with Crippen molar-refractivity contribution in [3.8, 4) is 21.8 Å². The minimum atomic E-state index is -0.964. The Morgan fingerprint density at radius 2 is 1.86 bits per heavy atom. The first-order valence-corrected chi connectivity index (χ1v) is 7.43. The van der Waals surface area contributed by atoms with E-state index in [1.807, 2.05) is 13.0 Å². The molecule has 0 bridgehead atoms. The van der Waals surface area contributed by atoms with Crippen LogP contribution in [0.2, 0.25) is 0 Å². The van der Waals surface area contributed by atoms with Crippen LogP contribution in [0.15, 0.2) is 48.5 Å². The van der Waals surface area contributed by atoms with Gasteiger partial charge in [-0.2, -0.15) is 0 Å². The lowest BCUT2D eigenvalue weighted by Gasteiger charge is -1.99. The van der Waals surface area contributed by atoms with Crippen molar-refractivity contribution in [3.05, 3.63) is 64.8 Å². The number of rotatable bonds is 3. The zero-order valence-corrected chi connectivity index (χ0v) is 12.5. The Hall–Kier alpha value is -2.53. The van der Waals surface area contributed by atoms with Gasteiger partial charge in [0.2, 0.25) is 0 Å². The molecule has 110 valence electrons. The highest BCUT2D eigenvalue weighted by molar-refractivity contribution is 7.15. The largest absolute Gasteiger partial charge is 0.478 e. The van der Waals surface area contributed by atoms with Crippen LogP contribution in [0.3, 0.4) is 0 Å². The predicted octanol–water partition coefficient (Wildman–Crippen LogP) is 4.62. The summed E-state index contributed by atoms with van der Waals surface area (Å²) in [5.74, 6) is -1.25.